The summed E-state index contributed by atoms with van der Waals surface area (Å²) < 4.78 is 18.1. The Morgan fingerprint density at radius 3 is 2.87 bits per heavy atom. The summed E-state index contributed by atoms with van der Waals surface area (Å²) in [5.74, 6) is 1.82. The molecule has 1 aliphatic carbocycles. The van der Waals surface area contributed by atoms with E-state index in [1.165, 1.54) is 25.7 Å². The molecule has 1 aliphatic heterocycles. The molecule has 0 radical (unpaired) electrons. The van der Waals surface area contributed by atoms with Gasteiger partial charge < -0.3 is 5.73 Å². The van der Waals surface area contributed by atoms with Gasteiger partial charge in [-0.05, 0) is 18.4 Å². The lowest BCUT2D eigenvalue weighted by Gasteiger charge is -2.20. The quantitative estimate of drug-likeness (QED) is 0.746. The highest BCUT2D eigenvalue weighted by molar-refractivity contribution is 7.79. The first-order chi connectivity index (χ1) is 7.29. The van der Waals surface area contributed by atoms with E-state index in [2.05, 4.69) is 14.2 Å². The molecule has 1 heterocycles. The van der Waals surface area contributed by atoms with E-state index in [-0.39, 0.29) is 0 Å². The summed E-state index contributed by atoms with van der Waals surface area (Å²) in [4.78, 5) is 0. The fourth-order valence-electron chi connectivity index (χ4n) is 2.41. The van der Waals surface area contributed by atoms with Crippen LogP contribution in [-0.2, 0) is 15.6 Å². The van der Waals surface area contributed by atoms with Gasteiger partial charge in [0.2, 0.25) is 0 Å². The smallest absolute Gasteiger partial charge is 0.330 e. The van der Waals surface area contributed by atoms with Crippen LogP contribution in [-0.4, -0.2) is 16.6 Å². The molecule has 0 spiro atoms. The third-order valence-electron chi connectivity index (χ3n) is 3.24. The van der Waals surface area contributed by atoms with Gasteiger partial charge in [-0.15, -0.1) is 0 Å². The highest BCUT2D eigenvalue weighted by atomic mass is 32.2. The van der Waals surface area contributed by atoms with E-state index in [9.17, 15) is 4.21 Å². The van der Waals surface area contributed by atoms with Gasteiger partial charge in [-0.25, -0.2) is 0 Å². The van der Waals surface area contributed by atoms with Crippen LogP contribution in [0.5, 0.6) is 0 Å². The minimum absolute atomic E-state index is 0.442. The van der Waals surface area contributed by atoms with Crippen molar-refractivity contribution in [3.8, 4) is 0 Å². The minimum Gasteiger partial charge on any atom is -0.330 e. The van der Waals surface area contributed by atoms with Gasteiger partial charge in [0, 0.05) is 6.42 Å². The molecule has 15 heavy (non-hydrogen) atoms. The van der Waals surface area contributed by atoms with E-state index in [0.717, 1.165) is 6.42 Å². The van der Waals surface area contributed by atoms with Crippen molar-refractivity contribution >= 4 is 17.1 Å². The third-order valence-corrected chi connectivity index (χ3v) is 3.85. The number of oxime groups is 1. The second kappa shape index (κ2) is 4.94. The molecular weight excluding hydrogens is 214 g/mol. The number of rotatable bonds is 4. The second-order valence-corrected chi connectivity index (χ2v) is 5.02. The standard InChI is InChI=1S/C9H17N3O2S/c10-6-8(7-3-1-2-4-7)5-9-11-14-15(13)12-9/h7-8H,1-6,10H2,(H,11,12). The summed E-state index contributed by atoms with van der Waals surface area (Å²) in [6.45, 7) is 0.665. The van der Waals surface area contributed by atoms with Gasteiger partial charge in [0.15, 0.2) is 5.84 Å². The molecule has 0 bridgehead atoms. The van der Waals surface area contributed by atoms with Crippen LogP contribution in [0.3, 0.4) is 0 Å². The maximum atomic E-state index is 10.9. The third kappa shape index (κ3) is 2.69. The lowest BCUT2D eigenvalue weighted by molar-refractivity contribution is 0.349. The van der Waals surface area contributed by atoms with Gasteiger partial charge in [-0.2, -0.15) is 4.21 Å². The van der Waals surface area contributed by atoms with Crippen molar-refractivity contribution in [1.29, 1.82) is 0 Å². The molecule has 0 aromatic rings. The van der Waals surface area contributed by atoms with Gasteiger partial charge in [0.1, 0.15) is 0 Å². The summed E-state index contributed by atoms with van der Waals surface area (Å²) >= 11 is -1.47. The number of nitrogens with two attached hydrogens (primary N) is 1. The number of hydrogen-bond donors (Lipinski definition) is 2. The normalized spacial score (nSPS) is 28.3. The summed E-state index contributed by atoms with van der Waals surface area (Å²) in [6.07, 6.45) is 5.90. The minimum atomic E-state index is -1.47. The number of amidine groups is 1. The molecule has 0 amide bonds. The number of nitrogens with one attached hydrogen (secondary N) is 1. The molecule has 0 saturated heterocycles. The average Bonchev–Trinajstić information content (AvgIpc) is 2.85. The van der Waals surface area contributed by atoms with E-state index in [1.54, 1.807) is 0 Å². The average molecular weight is 231 g/mol. The van der Waals surface area contributed by atoms with E-state index in [1.807, 2.05) is 0 Å². The molecular formula is C9H17N3O2S. The molecule has 86 valence electrons. The molecule has 5 nitrogen and oxygen atoms in total. The van der Waals surface area contributed by atoms with Crippen LogP contribution in [0.15, 0.2) is 5.16 Å². The molecule has 2 aliphatic rings. The number of hydrogen-bond acceptors (Lipinski definition) is 4. The topological polar surface area (TPSA) is 76.7 Å². The lowest BCUT2D eigenvalue weighted by atomic mass is 9.88. The zero-order chi connectivity index (χ0) is 10.7. The molecule has 2 atom stereocenters. The summed E-state index contributed by atoms with van der Waals surface area (Å²) in [6, 6.07) is 0. The Labute approximate surface area is 92.2 Å². The zero-order valence-electron chi connectivity index (χ0n) is 8.65. The first-order valence-corrected chi connectivity index (χ1v) is 6.50. The van der Waals surface area contributed by atoms with Crippen LogP contribution in [0.1, 0.15) is 32.1 Å². The van der Waals surface area contributed by atoms with E-state index in [0.29, 0.717) is 24.2 Å². The van der Waals surface area contributed by atoms with Crippen LogP contribution in [0, 0.1) is 11.8 Å². The van der Waals surface area contributed by atoms with E-state index >= 15 is 0 Å². The highest BCUT2D eigenvalue weighted by Crippen LogP contribution is 2.32. The van der Waals surface area contributed by atoms with Crippen molar-refractivity contribution in [2.24, 2.45) is 22.7 Å². The van der Waals surface area contributed by atoms with Crippen LogP contribution in [0.4, 0.5) is 0 Å². The van der Waals surface area contributed by atoms with Crippen molar-refractivity contribution in [3.05, 3.63) is 0 Å². The molecule has 0 aromatic heterocycles. The Hall–Kier alpha value is -0.620. The molecule has 6 heteroatoms. The van der Waals surface area contributed by atoms with Crippen molar-refractivity contribution < 1.29 is 8.49 Å². The van der Waals surface area contributed by atoms with Gasteiger partial charge in [0.25, 0.3) is 0 Å². The first-order valence-electron chi connectivity index (χ1n) is 5.42. The maximum Gasteiger partial charge on any atom is 0.338 e. The van der Waals surface area contributed by atoms with Crippen LogP contribution in [0.25, 0.3) is 0 Å². The fraction of sp³-hybridized carbons (Fsp3) is 0.889. The zero-order valence-corrected chi connectivity index (χ0v) is 9.46. The molecule has 2 unspecified atom stereocenters. The monoisotopic (exact) mass is 231 g/mol. The molecule has 2 rings (SSSR count). The van der Waals surface area contributed by atoms with E-state index in [4.69, 9.17) is 5.73 Å². The van der Waals surface area contributed by atoms with Gasteiger partial charge in [0.05, 0.1) is 0 Å². The van der Waals surface area contributed by atoms with Gasteiger partial charge in [-0.1, -0.05) is 30.8 Å². The lowest BCUT2D eigenvalue weighted by Crippen LogP contribution is -2.29. The van der Waals surface area contributed by atoms with E-state index < -0.39 is 11.3 Å². The highest BCUT2D eigenvalue weighted by Gasteiger charge is 2.27. The molecule has 1 saturated carbocycles. The first kappa shape index (κ1) is 10.9. The Bertz CT molecular complexity index is 277. The summed E-state index contributed by atoms with van der Waals surface area (Å²) in [7, 11) is 0. The Balaban J connectivity index is 1.87. The van der Waals surface area contributed by atoms with Gasteiger partial charge >= 0.3 is 11.3 Å². The number of nitrogens with zero attached hydrogens (tertiary/aromatic N) is 1. The molecule has 0 aromatic carbocycles. The second-order valence-electron chi connectivity index (χ2n) is 4.19. The predicted octanol–water partition coefficient (Wildman–Crippen LogP) is 0.654. The maximum absolute atomic E-state index is 10.9. The Morgan fingerprint density at radius 1 is 1.60 bits per heavy atom. The van der Waals surface area contributed by atoms with Crippen LogP contribution in [0.2, 0.25) is 0 Å². The van der Waals surface area contributed by atoms with Crippen molar-refractivity contribution in [3.63, 3.8) is 0 Å². The van der Waals surface area contributed by atoms with Gasteiger partial charge in [-0.3, -0.25) is 9.01 Å². The molecule has 3 N–H and O–H groups in total. The SMILES string of the molecule is NCC(CC1=NOS(=O)N1)C1CCCC1. The molecule has 1 fully saturated rings. The van der Waals surface area contributed by atoms with Crippen molar-refractivity contribution in [2.45, 2.75) is 32.1 Å². The Morgan fingerprint density at radius 2 is 2.33 bits per heavy atom. The van der Waals surface area contributed by atoms with Crippen molar-refractivity contribution in [1.82, 2.24) is 4.72 Å². The van der Waals surface area contributed by atoms with Crippen LogP contribution < -0.4 is 10.5 Å². The predicted molar refractivity (Wildman–Crippen MR) is 58.9 cm³/mol. The summed E-state index contributed by atoms with van der Waals surface area (Å²) in [5.41, 5.74) is 5.77. The fourth-order valence-corrected chi connectivity index (χ4v) is 2.92. The summed E-state index contributed by atoms with van der Waals surface area (Å²) in [5, 5.41) is 3.73. The Kier molecular flexibility index (Phi) is 3.58. The van der Waals surface area contributed by atoms with Crippen LogP contribution >= 0.6 is 0 Å². The largest absolute Gasteiger partial charge is 0.338 e. The van der Waals surface area contributed by atoms with Crippen molar-refractivity contribution in [2.75, 3.05) is 6.54 Å².